The monoisotopic (exact) mass is 434 g/mol. The van der Waals surface area contributed by atoms with Gasteiger partial charge in [0, 0.05) is 24.0 Å². The highest BCUT2D eigenvalue weighted by atomic mass is 16.1. The van der Waals surface area contributed by atoms with E-state index < -0.39 is 5.54 Å². The van der Waals surface area contributed by atoms with E-state index in [2.05, 4.69) is 66.3 Å². The number of aryl methyl sites for hydroxylation is 3. The highest BCUT2D eigenvalue weighted by Crippen LogP contribution is 2.37. The first kappa shape index (κ1) is 20.9. The standard InChI is InChI=1S/C28H26N4O/c1-18-7-9-21(10-8-18)28(29,26-16-30-17-32(26)3)22-11-12-25-24(14-22)23(15-27(33)31-25)20-6-4-5-19(2)13-20/h4-17H,29H2,1-3H3,(H,31,33). The number of nitrogens with zero attached hydrogens (tertiary/aromatic N) is 2. The van der Waals surface area contributed by atoms with Crippen LogP contribution in [0.4, 0.5) is 0 Å². The van der Waals surface area contributed by atoms with Gasteiger partial charge in [-0.15, -0.1) is 0 Å². The van der Waals surface area contributed by atoms with E-state index in [1.165, 1.54) is 5.56 Å². The van der Waals surface area contributed by atoms with Gasteiger partial charge in [0.25, 0.3) is 0 Å². The highest BCUT2D eigenvalue weighted by Gasteiger charge is 2.35. The van der Waals surface area contributed by atoms with Gasteiger partial charge >= 0.3 is 0 Å². The second-order valence-electron chi connectivity index (χ2n) is 8.74. The molecule has 0 saturated heterocycles. The van der Waals surface area contributed by atoms with Crippen LogP contribution < -0.4 is 11.3 Å². The normalized spacial score (nSPS) is 13.2. The molecule has 5 rings (SSSR count). The van der Waals surface area contributed by atoms with Crippen LogP contribution in [0.5, 0.6) is 0 Å². The molecule has 164 valence electrons. The van der Waals surface area contributed by atoms with Gasteiger partial charge < -0.3 is 15.3 Å². The van der Waals surface area contributed by atoms with E-state index in [0.29, 0.717) is 0 Å². The molecule has 0 bridgehead atoms. The minimum absolute atomic E-state index is 0.129. The van der Waals surface area contributed by atoms with Crippen LogP contribution in [-0.2, 0) is 12.6 Å². The number of pyridine rings is 1. The zero-order chi connectivity index (χ0) is 23.2. The molecule has 0 fully saturated rings. The van der Waals surface area contributed by atoms with Gasteiger partial charge in [0.1, 0.15) is 5.54 Å². The molecule has 3 N–H and O–H groups in total. The summed E-state index contributed by atoms with van der Waals surface area (Å²) in [7, 11) is 1.95. The second-order valence-corrected chi connectivity index (χ2v) is 8.74. The molecule has 0 spiro atoms. The number of imidazole rings is 1. The van der Waals surface area contributed by atoms with Crippen LogP contribution in [0.25, 0.3) is 22.0 Å². The number of nitrogens with two attached hydrogens (primary N) is 1. The van der Waals surface area contributed by atoms with Crippen molar-refractivity contribution >= 4 is 10.9 Å². The molecule has 0 aliphatic rings. The van der Waals surface area contributed by atoms with Gasteiger partial charge in [0.2, 0.25) is 5.56 Å². The quantitative estimate of drug-likeness (QED) is 0.427. The third kappa shape index (κ3) is 3.56. The summed E-state index contributed by atoms with van der Waals surface area (Å²) >= 11 is 0. The summed E-state index contributed by atoms with van der Waals surface area (Å²) in [6.45, 7) is 4.11. The fourth-order valence-electron chi connectivity index (χ4n) is 4.57. The Kier molecular flexibility index (Phi) is 4.99. The molecule has 0 saturated carbocycles. The van der Waals surface area contributed by atoms with Crippen molar-refractivity contribution < 1.29 is 0 Å². The lowest BCUT2D eigenvalue weighted by molar-refractivity contribution is 0.596. The first-order valence-corrected chi connectivity index (χ1v) is 10.9. The molecule has 0 amide bonds. The molecule has 0 aliphatic heterocycles. The van der Waals surface area contributed by atoms with E-state index in [4.69, 9.17) is 5.73 Å². The first-order valence-electron chi connectivity index (χ1n) is 10.9. The van der Waals surface area contributed by atoms with E-state index in [0.717, 1.165) is 44.4 Å². The molecule has 3 aromatic carbocycles. The lowest BCUT2D eigenvalue weighted by Crippen LogP contribution is -2.41. The minimum Gasteiger partial charge on any atom is -0.336 e. The molecule has 5 nitrogen and oxygen atoms in total. The lowest BCUT2D eigenvalue weighted by atomic mass is 9.80. The Hall–Kier alpha value is -3.96. The molecule has 0 radical (unpaired) electrons. The molecule has 1 atom stereocenters. The van der Waals surface area contributed by atoms with E-state index in [-0.39, 0.29) is 5.56 Å². The van der Waals surface area contributed by atoms with Crippen molar-refractivity contribution in [3.05, 3.63) is 124 Å². The maximum absolute atomic E-state index is 12.4. The number of rotatable bonds is 4. The van der Waals surface area contributed by atoms with E-state index in [1.54, 1.807) is 12.4 Å². The fourth-order valence-corrected chi connectivity index (χ4v) is 4.57. The van der Waals surface area contributed by atoms with Crippen molar-refractivity contribution in [2.45, 2.75) is 19.4 Å². The topological polar surface area (TPSA) is 76.7 Å². The predicted octanol–water partition coefficient (Wildman–Crippen LogP) is 4.80. The van der Waals surface area contributed by atoms with Crippen LogP contribution in [0.15, 0.2) is 90.1 Å². The van der Waals surface area contributed by atoms with Gasteiger partial charge in [-0.3, -0.25) is 4.79 Å². The molecule has 0 aliphatic carbocycles. The van der Waals surface area contributed by atoms with Crippen LogP contribution in [-0.4, -0.2) is 14.5 Å². The summed E-state index contributed by atoms with van der Waals surface area (Å²) < 4.78 is 1.96. The molecule has 5 aromatic rings. The summed E-state index contributed by atoms with van der Waals surface area (Å²) in [6, 6.07) is 24.2. The van der Waals surface area contributed by atoms with Crippen molar-refractivity contribution in [1.82, 2.24) is 14.5 Å². The molecular weight excluding hydrogens is 408 g/mol. The number of benzene rings is 3. The van der Waals surface area contributed by atoms with E-state index in [1.807, 2.05) is 42.1 Å². The van der Waals surface area contributed by atoms with Gasteiger partial charge in [0.05, 0.1) is 18.2 Å². The van der Waals surface area contributed by atoms with Gasteiger partial charge in [-0.1, -0.05) is 65.7 Å². The first-order chi connectivity index (χ1) is 15.9. The Bertz CT molecular complexity index is 1530. The average molecular weight is 435 g/mol. The number of aromatic amines is 1. The van der Waals surface area contributed by atoms with Crippen molar-refractivity contribution in [3.63, 3.8) is 0 Å². The van der Waals surface area contributed by atoms with Crippen molar-refractivity contribution in [2.24, 2.45) is 12.8 Å². The number of nitrogens with one attached hydrogen (secondary N) is 1. The van der Waals surface area contributed by atoms with Gasteiger partial charge in [0.15, 0.2) is 0 Å². The lowest BCUT2D eigenvalue weighted by Gasteiger charge is -2.31. The third-order valence-electron chi connectivity index (χ3n) is 6.36. The third-order valence-corrected chi connectivity index (χ3v) is 6.36. The molecule has 33 heavy (non-hydrogen) atoms. The SMILES string of the molecule is Cc1ccc(C(N)(c2ccc3[nH]c(=O)cc(-c4cccc(C)c4)c3c2)c2cncn2C)cc1. The number of hydrogen-bond acceptors (Lipinski definition) is 3. The van der Waals surface area contributed by atoms with E-state index >= 15 is 0 Å². The number of fused-ring (bicyclic) bond motifs is 1. The van der Waals surface area contributed by atoms with Crippen LogP contribution >= 0.6 is 0 Å². The smallest absolute Gasteiger partial charge is 0.249 e. The summed E-state index contributed by atoms with van der Waals surface area (Å²) in [5.74, 6) is 0. The zero-order valence-corrected chi connectivity index (χ0v) is 19.0. The van der Waals surface area contributed by atoms with Gasteiger partial charge in [-0.2, -0.15) is 0 Å². The van der Waals surface area contributed by atoms with E-state index in [9.17, 15) is 4.79 Å². The Morgan fingerprint density at radius 1 is 0.909 bits per heavy atom. The molecule has 1 unspecified atom stereocenters. The number of aromatic nitrogens is 3. The molecular formula is C28H26N4O. The van der Waals surface area contributed by atoms with Crippen LogP contribution in [0, 0.1) is 13.8 Å². The molecule has 2 aromatic heterocycles. The summed E-state index contributed by atoms with van der Waals surface area (Å²) in [5.41, 5.74) is 13.9. The predicted molar refractivity (Wildman–Crippen MR) is 133 cm³/mol. The zero-order valence-electron chi connectivity index (χ0n) is 19.0. The average Bonchev–Trinajstić information content (AvgIpc) is 3.24. The second kappa shape index (κ2) is 7.87. The summed E-state index contributed by atoms with van der Waals surface area (Å²) in [4.78, 5) is 19.8. The highest BCUT2D eigenvalue weighted by molar-refractivity contribution is 5.95. The number of H-pyrrole nitrogens is 1. The Morgan fingerprint density at radius 3 is 2.36 bits per heavy atom. The summed E-state index contributed by atoms with van der Waals surface area (Å²) in [5, 5.41) is 0.946. The van der Waals surface area contributed by atoms with Gasteiger partial charge in [-0.25, -0.2) is 4.98 Å². The Labute approximate surface area is 192 Å². The Morgan fingerprint density at radius 2 is 1.67 bits per heavy atom. The Balaban J connectivity index is 1.81. The summed E-state index contributed by atoms with van der Waals surface area (Å²) in [6.07, 6.45) is 3.58. The molecule has 5 heteroatoms. The van der Waals surface area contributed by atoms with Crippen molar-refractivity contribution in [1.29, 1.82) is 0 Å². The fraction of sp³-hybridized carbons (Fsp3) is 0.143. The van der Waals surface area contributed by atoms with Crippen LogP contribution in [0.1, 0.15) is 27.9 Å². The van der Waals surface area contributed by atoms with Crippen LogP contribution in [0.3, 0.4) is 0 Å². The number of hydrogen-bond donors (Lipinski definition) is 2. The largest absolute Gasteiger partial charge is 0.336 e. The maximum atomic E-state index is 12.4. The van der Waals surface area contributed by atoms with Crippen LogP contribution in [0.2, 0.25) is 0 Å². The minimum atomic E-state index is -0.923. The van der Waals surface area contributed by atoms with Crippen molar-refractivity contribution in [3.8, 4) is 11.1 Å². The van der Waals surface area contributed by atoms with Crippen molar-refractivity contribution in [2.75, 3.05) is 0 Å². The van der Waals surface area contributed by atoms with Gasteiger partial charge in [-0.05, 0) is 48.2 Å². The maximum Gasteiger partial charge on any atom is 0.249 e. The molecule has 2 heterocycles.